The van der Waals surface area contributed by atoms with Gasteiger partial charge in [0.1, 0.15) is 6.61 Å². The summed E-state index contributed by atoms with van der Waals surface area (Å²) in [4.78, 5) is 21.8. The first kappa shape index (κ1) is 16.3. The summed E-state index contributed by atoms with van der Waals surface area (Å²) in [5.74, 6) is -0.823. The topological polar surface area (TPSA) is 78.9 Å². The fourth-order valence-corrected chi connectivity index (χ4v) is 2.72. The van der Waals surface area contributed by atoms with Crippen molar-refractivity contribution in [1.29, 1.82) is 0 Å². The molecule has 6 nitrogen and oxygen atoms in total. The molecule has 0 amide bonds. The molecule has 0 rings (SSSR count). The van der Waals surface area contributed by atoms with E-state index in [0.717, 1.165) is 0 Å². The number of Topliss-reactive ketones (excluding diaryl/α,β-unsaturated/α-hetero) is 1. The van der Waals surface area contributed by atoms with Crippen LogP contribution in [0, 0.1) is 0 Å². The molecule has 0 aliphatic heterocycles. The molecule has 0 saturated carbocycles. The highest BCUT2D eigenvalue weighted by atomic mass is 31.2. The number of esters is 1. The summed E-state index contributed by atoms with van der Waals surface area (Å²) >= 11 is 0. The van der Waals surface area contributed by atoms with Gasteiger partial charge in [0.2, 0.25) is 0 Å². The third kappa shape index (κ3) is 8.07. The van der Waals surface area contributed by atoms with Gasteiger partial charge in [0.15, 0.2) is 5.78 Å². The average molecular weight is 266 g/mol. The first-order chi connectivity index (χ1) is 7.93. The molecule has 0 heterocycles. The van der Waals surface area contributed by atoms with E-state index in [4.69, 9.17) is 9.05 Å². The lowest BCUT2D eigenvalue weighted by Crippen LogP contribution is -2.13. The van der Waals surface area contributed by atoms with Gasteiger partial charge in [-0.25, -0.2) is 0 Å². The number of ketones is 1. The summed E-state index contributed by atoms with van der Waals surface area (Å²) in [6, 6.07) is 0. The third-order valence-electron chi connectivity index (χ3n) is 1.75. The van der Waals surface area contributed by atoms with Crippen molar-refractivity contribution in [3.8, 4) is 0 Å². The number of hydrogen-bond acceptors (Lipinski definition) is 6. The standard InChI is InChI=1S/C10H19O6P/c1-4-15-17(13,16-5-2)7-6-10(12)8-14-9(3)11/h4-8H2,1-3H3. The molecule has 0 N–H and O–H groups in total. The first-order valence-corrected chi connectivity index (χ1v) is 7.19. The minimum absolute atomic E-state index is 0.00452. The fraction of sp³-hybridized carbons (Fsp3) is 0.800. The van der Waals surface area contributed by atoms with Gasteiger partial charge in [-0.3, -0.25) is 14.2 Å². The molecular weight excluding hydrogens is 247 g/mol. The molecule has 17 heavy (non-hydrogen) atoms. The third-order valence-corrected chi connectivity index (χ3v) is 3.83. The van der Waals surface area contributed by atoms with Crippen molar-refractivity contribution >= 4 is 19.3 Å². The highest BCUT2D eigenvalue weighted by Crippen LogP contribution is 2.48. The number of rotatable bonds is 9. The van der Waals surface area contributed by atoms with Crippen LogP contribution >= 0.6 is 7.60 Å². The van der Waals surface area contributed by atoms with Gasteiger partial charge in [-0.15, -0.1) is 0 Å². The van der Waals surface area contributed by atoms with E-state index in [0.29, 0.717) is 0 Å². The second kappa shape index (κ2) is 8.39. The van der Waals surface area contributed by atoms with Crippen LogP contribution in [0.3, 0.4) is 0 Å². The monoisotopic (exact) mass is 266 g/mol. The Bertz CT molecular complexity index is 291. The lowest BCUT2D eigenvalue weighted by Gasteiger charge is -2.16. The predicted octanol–water partition coefficient (Wildman–Crippen LogP) is 1.77. The van der Waals surface area contributed by atoms with E-state index in [1.807, 2.05) is 0 Å². The molecule has 0 aromatic heterocycles. The van der Waals surface area contributed by atoms with E-state index in [1.54, 1.807) is 13.8 Å². The molecule has 0 aliphatic carbocycles. The molecule has 0 aromatic carbocycles. The van der Waals surface area contributed by atoms with Crippen LogP contribution in [0.1, 0.15) is 27.2 Å². The van der Waals surface area contributed by atoms with Crippen LogP contribution in [0.5, 0.6) is 0 Å². The SMILES string of the molecule is CCOP(=O)(CCC(=O)COC(C)=O)OCC. The van der Waals surface area contributed by atoms with Crippen molar-refractivity contribution in [2.24, 2.45) is 0 Å². The van der Waals surface area contributed by atoms with E-state index in [1.165, 1.54) is 6.92 Å². The number of carbonyl (C=O) groups excluding carboxylic acids is 2. The quantitative estimate of drug-likeness (QED) is 0.467. The van der Waals surface area contributed by atoms with Gasteiger partial charge in [-0.05, 0) is 13.8 Å². The van der Waals surface area contributed by atoms with Gasteiger partial charge in [0, 0.05) is 13.3 Å². The summed E-state index contributed by atoms with van der Waals surface area (Å²) in [6.45, 7) is 4.84. The molecule has 7 heteroatoms. The van der Waals surface area contributed by atoms with Crippen molar-refractivity contribution in [1.82, 2.24) is 0 Å². The van der Waals surface area contributed by atoms with Crippen LogP contribution in [-0.2, 0) is 27.9 Å². The Hall–Kier alpha value is -0.710. The van der Waals surface area contributed by atoms with E-state index >= 15 is 0 Å². The Morgan fingerprint density at radius 2 is 1.65 bits per heavy atom. The van der Waals surface area contributed by atoms with Crippen molar-refractivity contribution in [3.05, 3.63) is 0 Å². The van der Waals surface area contributed by atoms with Crippen LogP contribution < -0.4 is 0 Å². The highest BCUT2D eigenvalue weighted by molar-refractivity contribution is 7.53. The second-order valence-corrected chi connectivity index (χ2v) is 5.42. The summed E-state index contributed by atoms with van der Waals surface area (Å²) in [5.41, 5.74) is 0. The lowest BCUT2D eigenvalue weighted by molar-refractivity contribution is -0.145. The molecule has 0 bridgehead atoms. The smallest absolute Gasteiger partial charge is 0.331 e. The molecule has 0 saturated heterocycles. The van der Waals surface area contributed by atoms with Crippen molar-refractivity contribution in [2.75, 3.05) is 26.0 Å². The van der Waals surface area contributed by atoms with Crippen LogP contribution in [0.25, 0.3) is 0 Å². The molecule has 100 valence electrons. The van der Waals surface area contributed by atoms with Crippen LogP contribution in [0.4, 0.5) is 0 Å². The molecule has 0 radical (unpaired) electrons. The molecular formula is C10H19O6P. The van der Waals surface area contributed by atoms with Gasteiger partial charge >= 0.3 is 13.6 Å². The van der Waals surface area contributed by atoms with Crippen LogP contribution in [0.15, 0.2) is 0 Å². The maximum Gasteiger partial charge on any atom is 0.331 e. The molecule has 0 spiro atoms. The number of carbonyl (C=O) groups is 2. The fourth-order valence-electron chi connectivity index (χ4n) is 1.08. The van der Waals surface area contributed by atoms with Crippen LogP contribution in [-0.4, -0.2) is 37.7 Å². The van der Waals surface area contributed by atoms with Crippen molar-refractivity contribution < 1.29 is 27.9 Å². The minimum Gasteiger partial charge on any atom is -0.458 e. The zero-order valence-electron chi connectivity index (χ0n) is 10.4. The molecule has 0 unspecified atom stereocenters. The van der Waals surface area contributed by atoms with E-state index in [2.05, 4.69) is 4.74 Å². The number of hydrogen-bond donors (Lipinski definition) is 0. The second-order valence-electron chi connectivity index (χ2n) is 3.24. The Kier molecular flexibility index (Phi) is 8.04. The highest BCUT2D eigenvalue weighted by Gasteiger charge is 2.24. The lowest BCUT2D eigenvalue weighted by atomic mass is 10.3. The largest absolute Gasteiger partial charge is 0.458 e. The predicted molar refractivity (Wildman–Crippen MR) is 62.0 cm³/mol. The van der Waals surface area contributed by atoms with Gasteiger partial charge in [0.25, 0.3) is 0 Å². The number of ether oxygens (including phenoxy) is 1. The summed E-state index contributed by atoms with van der Waals surface area (Å²) < 4.78 is 26.5. The maximum atomic E-state index is 12.0. The Morgan fingerprint density at radius 3 is 2.06 bits per heavy atom. The zero-order chi connectivity index (χ0) is 13.3. The summed E-state index contributed by atoms with van der Waals surface area (Å²) in [5, 5.41) is 0. The summed E-state index contributed by atoms with van der Waals surface area (Å²) in [7, 11) is -3.18. The zero-order valence-corrected chi connectivity index (χ0v) is 11.3. The van der Waals surface area contributed by atoms with Gasteiger partial charge < -0.3 is 13.8 Å². The Labute approximate surface area is 101 Å². The first-order valence-electron chi connectivity index (χ1n) is 5.46. The van der Waals surface area contributed by atoms with E-state index < -0.39 is 13.6 Å². The van der Waals surface area contributed by atoms with Gasteiger partial charge in [-0.1, -0.05) is 0 Å². The Morgan fingerprint density at radius 1 is 1.12 bits per heavy atom. The van der Waals surface area contributed by atoms with Crippen LogP contribution in [0.2, 0.25) is 0 Å². The molecule has 0 fully saturated rings. The van der Waals surface area contributed by atoms with Gasteiger partial charge in [-0.2, -0.15) is 0 Å². The van der Waals surface area contributed by atoms with Crippen molar-refractivity contribution in [2.45, 2.75) is 27.2 Å². The van der Waals surface area contributed by atoms with E-state index in [-0.39, 0.29) is 38.2 Å². The summed E-state index contributed by atoms with van der Waals surface area (Å²) in [6.07, 6.45) is 0.0132. The van der Waals surface area contributed by atoms with E-state index in [9.17, 15) is 14.2 Å². The van der Waals surface area contributed by atoms with Crippen molar-refractivity contribution in [3.63, 3.8) is 0 Å². The molecule has 0 aromatic rings. The molecule has 0 aliphatic rings. The minimum atomic E-state index is -3.18. The molecule has 0 atom stereocenters. The normalized spacial score (nSPS) is 11.2. The average Bonchev–Trinajstić information content (AvgIpc) is 2.24. The van der Waals surface area contributed by atoms with Gasteiger partial charge in [0.05, 0.1) is 19.4 Å². The Balaban J connectivity index is 4.08. The maximum absolute atomic E-state index is 12.0.